The first-order valence-electron chi connectivity index (χ1n) is 8.38. The van der Waals surface area contributed by atoms with Gasteiger partial charge in [0.1, 0.15) is 5.75 Å². The third kappa shape index (κ3) is 5.86. The molecule has 0 saturated carbocycles. The molecule has 7 heteroatoms. The summed E-state index contributed by atoms with van der Waals surface area (Å²) in [4.78, 5) is 12.4. The van der Waals surface area contributed by atoms with E-state index in [4.69, 9.17) is 4.74 Å². The van der Waals surface area contributed by atoms with E-state index in [-0.39, 0.29) is 23.4 Å². The van der Waals surface area contributed by atoms with E-state index in [0.717, 1.165) is 0 Å². The van der Waals surface area contributed by atoms with Crippen molar-refractivity contribution in [3.8, 4) is 5.75 Å². The van der Waals surface area contributed by atoms with Gasteiger partial charge in [-0.05, 0) is 50.6 Å². The van der Waals surface area contributed by atoms with Crippen LogP contribution in [0.1, 0.15) is 26.3 Å². The van der Waals surface area contributed by atoms with Crippen LogP contribution < -0.4 is 14.8 Å². The lowest BCUT2D eigenvalue weighted by Gasteiger charge is -2.15. The first kappa shape index (κ1) is 19.9. The number of sulfonamides is 1. The van der Waals surface area contributed by atoms with E-state index in [1.807, 2.05) is 18.2 Å². The zero-order chi connectivity index (χ0) is 19.2. The van der Waals surface area contributed by atoms with Crippen LogP contribution in [0.25, 0.3) is 0 Å². The van der Waals surface area contributed by atoms with Gasteiger partial charge in [-0.15, -0.1) is 0 Å². The fraction of sp³-hybridized carbons (Fsp3) is 0.316. The molecule has 0 spiro atoms. The quantitative estimate of drug-likeness (QED) is 0.741. The van der Waals surface area contributed by atoms with Crippen LogP contribution in [0.2, 0.25) is 0 Å². The molecule has 140 valence electrons. The Hall–Kier alpha value is -2.38. The smallest absolute Gasteiger partial charge is 0.261 e. The Bertz CT molecular complexity index is 836. The molecule has 1 atom stereocenters. The molecular weight excluding hydrogens is 352 g/mol. The van der Waals surface area contributed by atoms with Crippen molar-refractivity contribution < 1.29 is 17.9 Å². The second kappa shape index (κ2) is 8.82. The third-order valence-electron chi connectivity index (χ3n) is 3.49. The molecular formula is C19H24N2O4S. The summed E-state index contributed by atoms with van der Waals surface area (Å²) < 4.78 is 32.6. The number of benzene rings is 2. The molecule has 2 aromatic carbocycles. The molecule has 26 heavy (non-hydrogen) atoms. The Morgan fingerprint density at radius 1 is 1.04 bits per heavy atom. The number of carbonyl (C=O) groups is 1. The maximum Gasteiger partial charge on any atom is 0.261 e. The van der Waals surface area contributed by atoms with Crippen molar-refractivity contribution in [2.45, 2.75) is 44.4 Å². The number of hydrogen-bond acceptors (Lipinski definition) is 4. The molecule has 0 saturated heterocycles. The van der Waals surface area contributed by atoms with Crippen LogP contribution in [0.15, 0.2) is 59.5 Å². The zero-order valence-electron chi connectivity index (χ0n) is 15.1. The van der Waals surface area contributed by atoms with Gasteiger partial charge in [0.25, 0.3) is 5.91 Å². The van der Waals surface area contributed by atoms with E-state index < -0.39 is 16.1 Å². The minimum atomic E-state index is -3.57. The highest BCUT2D eigenvalue weighted by Crippen LogP contribution is 2.13. The Labute approximate surface area is 154 Å². The van der Waals surface area contributed by atoms with Gasteiger partial charge >= 0.3 is 0 Å². The van der Waals surface area contributed by atoms with E-state index in [0.29, 0.717) is 11.3 Å². The molecule has 0 radical (unpaired) electrons. The average molecular weight is 376 g/mol. The van der Waals surface area contributed by atoms with Crippen molar-refractivity contribution in [3.63, 3.8) is 0 Å². The Kier molecular flexibility index (Phi) is 6.76. The van der Waals surface area contributed by atoms with Gasteiger partial charge in [-0.2, -0.15) is 0 Å². The lowest BCUT2D eigenvalue weighted by Crippen LogP contribution is -2.36. The minimum absolute atomic E-state index is 0.173. The van der Waals surface area contributed by atoms with Gasteiger partial charge in [-0.25, -0.2) is 13.1 Å². The van der Waals surface area contributed by atoms with E-state index in [1.54, 1.807) is 51.1 Å². The highest BCUT2D eigenvalue weighted by molar-refractivity contribution is 7.89. The molecule has 0 aromatic heterocycles. The Balaban J connectivity index is 1.97. The van der Waals surface area contributed by atoms with Crippen LogP contribution in [0.3, 0.4) is 0 Å². The lowest BCUT2D eigenvalue weighted by molar-refractivity contribution is -0.127. The van der Waals surface area contributed by atoms with Crippen molar-refractivity contribution in [1.29, 1.82) is 0 Å². The summed E-state index contributed by atoms with van der Waals surface area (Å²) in [5, 5.41) is 2.76. The normalized spacial score (nSPS) is 12.6. The van der Waals surface area contributed by atoms with Crippen molar-refractivity contribution >= 4 is 15.9 Å². The van der Waals surface area contributed by atoms with Crippen LogP contribution in [0.5, 0.6) is 5.75 Å². The summed E-state index contributed by atoms with van der Waals surface area (Å²) in [6.45, 7) is 5.40. The van der Waals surface area contributed by atoms with E-state index in [1.165, 1.54) is 6.07 Å². The van der Waals surface area contributed by atoms with Gasteiger partial charge in [-0.1, -0.05) is 30.3 Å². The van der Waals surface area contributed by atoms with E-state index >= 15 is 0 Å². The van der Waals surface area contributed by atoms with Gasteiger partial charge in [0.05, 0.1) is 4.90 Å². The predicted octanol–water partition coefficient (Wildman–Crippen LogP) is 2.46. The maximum absolute atomic E-state index is 12.2. The van der Waals surface area contributed by atoms with Gasteiger partial charge < -0.3 is 10.1 Å². The maximum atomic E-state index is 12.2. The first-order chi connectivity index (χ1) is 12.3. The number of nitrogens with one attached hydrogen (secondary N) is 2. The summed E-state index contributed by atoms with van der Waals surface area (Å²) >= 11 is 0. The van der Waals surface area contributed by atoms with Gasteiger partial charge in [-0.3, -0.25) is 4.79 Å². The van der Waals surface area contributed by atoms with Crippen LogP contribution in [-0.4, -0.2) is 26.5 Å². The number of carbonyl (C=O) groups excluding carboxylic acids is 1. The summed E-state index contributed by atoms with van der Waals surface area (Å²) in [6, 6.07) is 15.4. The highest BCUT2D eigenvalue weighted by Gasteiger charge is 2.17. The van der Waals surface area contributed by atoms with Crippen molar-refractivity contribution in [2.75, 3.05) is 0 Å². The zero-order valence-corrected chi connectivity index (χ0v) is 15.9. The Morgan fingerprint density at radius 3 is 2.38 bits per heavy atom. The third-order valence-corrected chi connectivity index (χ3v) is 5.15. The van der Waals surface area contributed by atoms with Gasteiger partial charge in [0, 0.05) is 12.6 Å². The monoisotopic (exact) mass is 376 g/mol. The van der Waals surface area contributed by atoms with Crippen LogP contribution in [0, 0.1) is 0 Å². The molecule has 2 aromatic rings. The SMILES string of the molecule is CC(C)NS(=O)(=O)c1cccc(CNC(=O)C(C)Oc2ccccc2)c1. The van der Waals surface area contributed by atoms with Crippen molar-refractivity contribution in [1.82, 2.24) is 10.0 Å². The molecule has 0 aliphatic rings. The number of hydrogen-bond donors (Lipinski definition) is 2. The second-order valence-electron chi connectivity index (χ2n) is 6.21. The molecule has 0 heterocycles. The second-order valence-corrected chi connectivity index (χ2v) is 7.93. The predicted molar refractivity (Wildman–Crippen MR) is 100 cm³/mol. The fourth-order valence-corrected chi connectivity index (χ4v) is 3.61. The molecule has 0 aliphatic carbocycles. The van der Waals surface area contributed by atoms with Gasteiger partial charge in [0.2, 0.25) is 10.0 Å². The van der Waals surface area contributed by atoms with E-state index in [9.17, 15) is 13.2 Å². The highest BCUT2D eigenvalue weighted by atomic mass is 32.2. The summed E-state index contributed by atoms with van der Waals surface area (Å²) in [6.07, 6.45) is -0.660. The van der Waals surface area contributed by atoms with E-state index in [2.05, 4.69) is 10.0 Å². The number of amides is 1. The van der Waals surface area contributed by atoms with Crippen LogP contribution in [0.4, 0.5) is 0 Å². The molecule has 0 fully saturated rings. The van der Waals surface area contributed by atoms with Crippen molar-refractivity contribution in [3.05, 3.63) is 60.2 Å². The molecule has 0 bridgehead atoms. The first-order valence-corrected chi connectivity index (χ1v) is 9.87. The fourth-order valence-electron chi connectivity index (χ4n) is 2.29. The lowest BCUT2D eigenvalue weighted by atomic mass is 10.2. The van der Waals surface area contributed by atoms with Crippen molar-refractivity contribution in [2.24, 2.45) is 0 Å². The summed E-state index contributed by atoms with van der Waals surface area (Å²) in [5.41, 5.74) is 0.692. The molecule has 2 rings (SSSR count). The number of rotatable bonds is 8. The molecule has 0 aliphatic heterocycles. The Morgan fingerprint density at radius 2 is 1.73 bits per heavy atom. The summed E-state index contributed by atoms with van der Waals surface area (Å²) in [7, 11) is -3.57. The summed E-state index contributed by atoms with van der Waals surface area (Å²) in [5.74, 6) is 0.338. The van der Waals surface area contributed by atoms with Crippen LogP contribution >= 0.6 is 0 Å². The van der Waals surface area contributed by atoms with Gasteiger partial charge in [0.15, 0.2) is 6.10 Å². The number of para-hydroxylation sites is 1. The minimum Gasteiger partial charge on any atom is -0.481 e. The molecule has 2 N–H and O–H groups in total. The topological polar surface area (TPSA) is 84.5 Å². The largest absolute Gasteiger partial charge is 0.481 e. The molecule has 1 amide bonds. The molecule has 1 unspecified atom stereocenters. The standard InChI is InChI=1S/C19H24N2O4S/c1-14(2)21-26(23,24)18-11-7-8-16(12-18)13-20-19(22)15(3)25-17-9-5-4-6-10-17/h4-12,14-15,21H,13H2,1-3H3,(H,20,22). The molecule has 6 nitrogen and oxygen atoms in total. The van der Waals surface area contributed by atoms with Crippen LogP contribution in [-0.2, 0) is 21.4 Å². The number of ether oxygens (including phenoxy) is 1. The average Bonchev–Trinajstić information content (AvgIpc) is 2.59.